The average molecular weight is 331 g/mol. The minimum absolute atomic E-state index is 0.0586. The van der Waals surface area contributed by atoms with Gasteiger partial charge in [-0.3, -0.25) is 4.79 Å². The summed E-state index contributed by atoms with van der Waals surface area (Å²) >= 11 is 5.18. The van der Waals surface area contributed by atoms with Crippen LogP contribution < -0.4 is 5.32 Å². The van der Waals surface area contributed by atoms with E-state index in [1.807, 2.05) is 31.2 Å². The standard InChI is InChI=1S/C17H21N3O2S/c1-12-7-9-13(10-8-12)16-19-20(17(23)22-16)11-15(21)18-14-5-3-2-4-6-14/h7-10,14H,2-6,11H2,1H3,(H,18,21). The van der Waals surface area contributed by atoms with Crippen molar-refractivity contribution in [2.75, 3.05) is 0 Å². The predicted octanol–water partition coefficient (Wildman–Crippen LogP) is 3.63. The summed E-state index contributed by atoms with van der Waals surface area (Å²) in [6.45, 7) is 2.12. The summed E-state index contributed by atoms with van der Waals surface area (Å²) in [4.78, 5) is 12.4. The highest BCUT2D eigenvalue weighted by molar-refractivity contribution is 7.71. The highest BCUT2D eigenvalue weighted by atomic mass is 32.1. The van der Waals surface area contributed by atoms with Crippen molar-refractivity contribution in [3.05, 3.63) is 34.7 Å². The molecule has 23 heavy (non-hydrogen) atoms. The maximum absolute atomic E-state index is 12.2. The van der Waals surface area contributed by atoms with Crippen molar-refractivity contribution in [2.24, 2.45) is 0 Å². The van der Waals surface area contributed by atoms with E-state index >= 15 is 0 Å². The van der Waals surface area contributed by atoms with Crippen molar-refractivity contribution in [3.8, 4) is 11.5 Å². The molecule has 1 saturated carbocycles. The third kappa shape index (κ3) is 4.07. The summed E-state index contributed by atoms with van der Waals surface area (Å²) in [5.74, 6) is 0.386. The number of nitrogens with zero attached hydrogens (tertiary/aromatic N) is 2. The normalized spacial score (nSPS) is 15.5. The minimum atomic E-state index is -0.0586. The van der Waals surface area contributed by atoms with Crippen molar-refractivity contribution in [1.29, 1.82) is 0 Å². The Balaban J connectivity index is 1.67. The molecule has 1 aromatic carbocycles. The molecule has 0 radical (unpaired) electrons. The lowest BCUT2D eigenvalue weighted by Gasteiger charge is -2.22. The zero-order chi connectivity index (χ0) is 16.2. The fourth-order valence-corrected chi connectivity index (χ4v) is 3.06. The molecule has 0 saturated heterocycles. The summed E-state index contributed by atoms with van der Waals surface area (Å²) in [6.07, 6.45) is 5.76. The Bertz CT molecular complexity index is 727. The van der Waals surface area contributed by atoms with E-state index in [-0.39, 0.29) is 23.3 Å². The Morgan fingerprint density at radius 1 is 1.30 bits per heavy atom. The van der Waals surface area contributed by atoms with Crippen molar-refractivity contribution in [1.82, 2.24) is 15.1 Å². The average Bonchev–Trinajstić information content (AvgIpc) is 2.90. The molecule has 3 rings (SSSR count). The lowest BCUT2D eigenvalue weighted by atomic mass is 9.95. The number of rotatable bonds is 4. The van der Waals surface area contributed by atoms with Crippen LogP contribution in [-0.4, -0.2) is 21.7 Å². The number of aryl methyl sites for hydroxylation is 1. The summed E-state index contributed by atoms with van der Waals surface area (Å²) in [6, 6.07) is 8.13. The van der Waals surface area contributed by atoms with Crippen LogP contribution in [0.3, 0.4) is 0 Å². The predicted molar refractivity (Wildman–Crippen MR) is 90.5 cm³/mol. The van der Waals surface area contributed by atoms with Crippen molar-refractivity contribution < 1.29 is 9.21 Å². The molecule has 0 bridgehead atoms. The highest BCUT2D eigenvalue weighted by Gasteiger charge is 2.17. The smallest absolute Gasteiger partial charge is 0.287 e. The number of nitrogens with one attached hydrogen (secondary N) is 1. The first-order valence-electron chi connectivity index (χ1n) is 8.06. The van der Waals surface area contributed by atoms with Gasteiger partial charge in [-0.25, -0.2) is 4.68 Å². The second kappa shape index (κ2) is 7.08. The van der Waals surface area contributed by atoms with Gasteiger partial charge in [0.05, 0.1) is 0 Å². The fourth-order valence-electron chi connectivity index (χ4n) is 2.88. The van der Waals surface area contributed by atoms with E-state index < -0.39 is 0 Å². The van der Waals surface area contributed by atoms with Gasteiger partial charge in [-0.05, 0) is 44.1 Å². The molecule has 5 nitrogen and oxygen atoms in total. The SMILES string of the molecule is Cc1ccc(-c2nn(CC(=O)NC3CCCCC3)c(=S)o2)cc1. The fraction of sp³-hybridized carbons (Fsp3) is 0.471. The van der Waals surface area contributed by atoms with Crippen molar-refractivity contribution in [3.63, 3.8) is 0 Å². The molecule has 1 aliphatic rings. The topological polar surface area (TPSA) is 60.1 Å². The number of carbonyl (C=O) groups is 1. The molecule has 1 N–H and O–H groups in total. The number of amides is 1. The van der Waals surface area contributed by atoms with Gasteiger partial charge >= 0.3 is 0 Å². The van der Waals surface area contributed by atoms with E-state index in [0.29, 0.717) is 5.89 Å². The van der Waals surface area contributed by atoms with E-state index in [9.17, 15) is 4.79 Å². The van der Waals surface area contributed by atoms with Crippen LogP contribution in [0.15, 0.2) is 28.7 Å². The highest BCUT2D eigenvalue weighted by Crippen LogP contribution is 2.19. The summed E-state index contributed by atoms with van der Waals surface area (Å²) < 4.78 is 6.97. The molecule has 1 heterocycles. The van der Waals surface area contributed by atoms with Crippen LogP contribution in [-0.2, 0) is 11.3 Å². The zero-order valence-corrected chi connectivity index (χ0v) is 14.1. The van der Waals surface area contributed by atoms with Crippen molar-refractivity contribution >= 4 is 18.1 Å². The summed E-state index contributed by atoms with van der Waals surface area (Å²) in [5.41, 5.74) is 2.02. The zero-order valence-electron chi connectivity index (χ0n) is 13.2. The first kappa shape index (κ1) is 15.9. The molecular formula is C17H21N3O2S. The maximum Gasteiger partial charge on any atom is 0.287 e. The molecule has 0 spiro atoms. The minimum Gasteiger partial charge on any atom is -0.409 e. The van der Waals surface area contributed by atoms with Crippen LogP contribution in [0.25, 0.3) is 11.5 Å². The molecule has 1 aliphatic carbocycles. The number of aromatic nitrogens is 2. The van der Waals surface area contributed by atoms with E-state index in [1.54, 1.807) is 0 Å². The van der Waals surface area contributed by atoms with Crippen LogP contribution in [0.1, 0.15) is 37.7 Å². The monoisotopic (exact) mass is 331 g/mol. The lowest BCUT2D eigenvalue weighted by Crippen LogP contribution is -2.38. The van der Waals surface area contributed by atoms with Crippen LogP contribution in [0.2, 0.25) is 0 Å². The number of hydrogen-bond donors (Lipinski definition) is 1. The molecule has 1 aromatic heterocycles. The molecule has 0 aliphatic heterocycles. The molecule has 0 unspecified atom stereocenters. The molecule has 2 aromatic rings. The number of hydrogen-bond acceptors (Lipinski definition) is 4. The summed E-state index contributed by atoms with van der Waals surface area (Å²) in [5, 5.41) is 7.39. The molecule has 0 atom stereocenters. The summed E-state index contributed by atoms with van der Waals surface area (Å²) in [7, 11) is 0. The Morgan fingerprint density at radius 2 is 2.00 bits per heavy atom. The van der Waals surface area contributed by atoms with Crippen LogP contribution in [0, 0.1) is 11.8 Å². The first-order chi connectivity index (χ1) is 11.1. The van der Waals surface area contributed by atoms with Gasteiger partial charge in [0, 0.05) is 11.6 Å². The largest absolute Gasteiger partial charge is 0.409 e. The number of benzene rings is 1. The van der Waals surface area contributed by atoms with Gasteiger partial charge in [0.25, 0.3) is 4.84 Å². The van der Waals surface area contributed by atoms with E-state index in [1.165, 1.54) is 29.5 Å². The Kier molecular flexibility index (Phi) is 4.91. The third-order valence-electron chi connectivity index (χ3n) is 4.17. The van der Waals surface area contributed by atoms with Crippen LogP contribution in [0.5, 0.6) is 0 Å². The second-order valence-corrected chi connectivity index (χ2v) is 6.45. The molecule has 1 fully saturated rings. The molecule has 6 heteroatoms. The number of carbonyl (C=O) groups excluding carboxylic acids is 1. The van der Waals surface area contributed by atoms with Crippen LogP contribution >= 0.6 is 12.2 Å². The van der Waals surface area contributed by atoms with Crippen LogP contribution in [0.4, 0.5) is 0 Å². The van der Waals surface area contributed by atoms with Gasteiger partial charge in [-0.15, -0.1) is 5.10 Å². The Labute approximate surface area is 140 Å². The van der Waals surface area contributed by atoms with E-state index in [4.69, 9.17) is 16.6 Å². The Morgan fingerprint density at radius 3 is 2.70 bits per heavy atom. The van der Waals surface area contributed by atoms with Gasteiger partial charge < -0.3 is 9.73 Å². The third-order valence-corrected chi connectivity index (χ3v) is 4.46. The maximum atomic E-state index is 12.2. The van der Waals surface area contributed by atoms with Gasteiger partial charge in [0.1, 0.15) is 6.54 Å². The lowest BCUT2D eigenvalue weighted by molar-refractivity contribution is -0.122. The molecule has 122 valence electrons. The van der Waals surface area contributed by atoms with Gasteiger partial charge in [0.2, 0.25) is 11.8 Å². The Hall–Kier alpha value is -1.95. The van der Waals surface area contributed by atoms with E-state index in [0.717, 1.165) is 18.4 Å². The van der Waals surface area contributed by atoms with Gasteiger partial charge in [-0.1, -0.05) is 37.0 Å². The second-order valence-electron chi connectivity index (χ2n) is 6.10. The molecule has 1 amide bonds. The van der Waals surface area contributed by atoms with Gasteiger partial charge in [0.15, 0.2) is 0 Å². The quantitative estimate of drug-likeness (QED) is 0.869. The van der Waals surface area contributed by atoms with Crippen molar-refractivity contribution in [2.45, 2.75) is 51.6 Å². The molecular weight excluding hydrogens is 310 g/mol. The van der Waals surface area contributed by atoms with E-state index in [2.05, 4.69) is 10.4 Å². The van der Waals surface area contributed by atoms with Gasteiger partial charge in [-0.2, -0.15) is 0 Å². The first-order valence-corrected chi connectivity index (χ1v) is 8.47.